The topological polar surface area (TPSA) is 332 Å². The van der Waals surface area contributed by atoms with E-state index in [1.807, 2.05) is 13.8 Å². The molecule has 70 heavy (non-hydrogen) atoms. The zero-order valence-corrected chi connectivity index (χ0v) is 40.9. The third-order valence-electron chi connectivity index (χ3n) is 12.9. The standard InChI is InChI=1S/C50H75N7O13/c1-30(2)22-34(49(68)55-31(3)41(60)16-19-47(66)57-21-9-13-40(57)44(63)25-33(50(69)70)12-7-8-20-51)24-36(58)29-54-48(67)35(23-32-10-5-4-6-11-32)26-43(62)38(14-17-45(52)64)56-46(65)18-15-42(61)39-27-37(59)28-53-39/h4-6,10-11,30-31,33-35,37-40,53,59H,7-9,12-29,51H2,1-3H3,(H2,52,64)(H,54,67)(H,55,68)(H,56,65)(H,69,70)/t31-,33+,34+,35+,37+,38-,39-,40-/m0/s1. The number of nitrogens with zero attached hydrogens (tertiary/aromatic N) is 1. The van der Waals surface area contributed by atoms with Crippen molar-refractivity contribution in [3.63, 3.8) is 0 Å². The number of aliphatic hydroxyl groups excluding tert-OH is 1. The molecule has 2 saturated heterocycles. The molecule has 0 spiro atoms. The number of carbonyl (C=O) groups is 11. The number of β-amino-alcohol motifs (C(OH)–C–C–N with tert-alkyl or cyclic N) is 1. The summed E-state index contributed by atoms with van der Waals surface area (Å²) < 4.78 is 0. The van der Waals surface area contributed by atoms with Gasteiger partial charge in [-0.2, -0.15) is 0 Å². The van der Waals surface area contributed by atoms with E-state index in [1.165, 1.54) is 11.8 Å². The van der Waals surface area contributed by atoms with Crippen molar-refractivity contribution < 1.29 is 63.0 Å². The lowest BCUT2D eigenvalue weighted by atomic mass is 9.89. The Morgan fingerprint density at radius 3 is 2.13 bits per heavy atom. The van der Waals surface area contributed by atoms with Crippen molar-refractivity contribution >= 4 is 64.4 Å². The lowest BCUT2D eigenvalue weighted by Gasteiger charge is -2.25. The first kappa shape index (κ1) is 58.6. The number of carboxylic acid groups (broad SMARTS) is 1. The maximum absolute atomic E-state index is 13.8. The molecular formula is C50H75N7O13. The minimum atomic E-state index is -1.21. The van der Waals surface area contributed by atoms with E-state index in [0.717, 1.165) is 0 Å². The predicted molar refractivity (Wildman–Crippen MR) is 256 cm³/mol. The molecule has 1 aromatic carbocycles. The average molecular weight is 982 g/mol. The second kappa shape index (κ2) is 30.1. The quantitative estimate of drug-likeness (QED) is 0.0447. The van der Waals surface area contributed by atoms with E-state index in [1.54, 1.807) is 30.3 Å². The fourth-order valence-electron chi connectivity index (χ4n) is 8.94. The molecule has 8 atom stereocenters. The first-order valence-electron chi connectivity index (χ1n) is 24.6. The molecule has 20 heteroatoms. The van der Waals surface area contributed by atoms with Crippen LogP contribution in [0.4, 0.5) is 0 Å². The Morgan fingerprint density at radius 2 is 1.50 bits per heavy atom. The molecule has 20 nitrogen and oxygen atoms in total. The zero-order chi connectivity index (χ0) is 51.9. The van der Waals surface area contributed by atoms with Crippen LogP contribution in [0.25, 0.3) is 0 Å². The van der Waals surface area contributed by atoms with Crippen LogP contribution >= 0.6 is 0 Å². The molecule has 2 heterocycles. The Morgan fingerprint density at radius 1 is 0.786 bits per heavy atom. The molecule has 2 fully saturated rings. The van der Waals surface area contributed by atoms with Crippen LogP contribution in [0.3, 0.4) is 0 Å². The lowest BCUT2D eigenvalue weighted by Crippen LogP contribution is -2.45. The fraction of sp³-hybridized carbons (Fsp3) is 0.660. The molecule has 2 aliphatic rings. The van der Waals surface area contributed by atoms with Crippen molar-refractivity contribution in [1.82, 2.24) is 26.2 Å². The van der Waals surface area contributed by atoms with Crippen LogP contribution in [-0.4, -0.2) is 136 Å². The van der Waals surface area contributed by atoms with E-state index in [9.17, 15) is 63.0 Å². The van der Waals surface area contributed by atoms with Gasteiger partial charge in [0, 0.05) is 76.3 Å². The molecule has 0 saturated carbocycles. The number of amides is 5. The molecule has 0 aliphatic carbocycles. The van der Waals surface area contributed by atoms with Crippen LogP contribution in [0.5, 0.6) is 0 Å². The van der Waals surface area contributed by atoms with Crippen molar-refractivity contribution in [2.24, 2.45) is 35.1 Å². The van der Waals surface area contributed by atoms with Crippen LogP contribution < -0.4 is 32.7 Å². The lowest BCUT2D eigenvalue weighted by molar-refractivity contribution is -0.145. The summed E-state index contributed by atoms with van der Waals surface area (Å²) >= 11 is 0. The van der Waals surface area contributed by atoms with E-state index in [-0.39, 0.29) is 94.7 Å². The van der Waals surface area contributed by atoms with Gasteiger partial charge >= 0.3 is 5.97 Å². The number of aliphatic carboxylic acids is 1. The van der Waals surface area contributed by atoms with Gasteiger partial charge in [-0.3, -0.25) is 52.7 Å². The number of likely N-dealkylation sites (tertiary alicyclic amines) is 1. The Balaban J connectivity index is 1.59. The number of Topliss-reactive ketones (excluding diaryl/α,β-unsaturated/α-hetero) is 5. The summed E-state index contributed by atoms with van der Waals surface area (Å²) in [5, 5.41) is 30.1. The molecule has 1 aromatic rings. The zero-order valence-electron chi connectivity index (χ0n) is 40.9. The smallest absolute Gasteiger partial charge is 0.306 e. The van der Waals surface area contributed by atoms with Crippen LogP contribution in [0, 0.1) is 23.7 Å². The van der Waals surface area contributed by atoms with Gasteiger partial charge in [-0.05, 0) is 76.3 Å². The molecule has 3 rings (SSSR count). The van der Waals surface area contributed by atoms with E-state index in [2.05, 4.69) is 21.3 Å². The van der Waals surface area contributed by atoms with Gasteiger partial charge in [0.05, 0.1) is 42.7 Å². The number of benzene rings is 1. The highest BCUT2D eigenvalue weighted by molar-refractivity contribution is 5.97. The van der Waals surface area contributed by atoms with E-state index in [4.69, 9.17) is 11.5 Å². The van der Waals surface area contributed by atoms with Gasteiger partial charge in [0.25, 0.3) is 0 Å². The van der Waals surface area contributed by atoms with Crippen molar-refractivity contribution in [2.75, 3.05) is 26.2 Å². The number of hydrogen-bond donors (Lipinski definition) is 8. The second-order valence-corrected chi connectivity index (χ2v) is 19.2. The van der Waals surface area contributed by atoms with Gasteiger partial charge in [-0.1, -0.05) is 50.6 Å². The summed E-state index contributed by atoms with van der Waals surface area (Å²) in [7, 11) is 0. The van der Waals surface area contributed by atoms with Gasteiger partial charge in [-0.25, -0.2) is 0 Å². The summed E-state index contributed by atoms with van der Waals surface area (Å²) in [6.07, 6.45) is 0.214. The van der Waals surface area contributed by atoms with Crippen LogP contribution in [0.2, 0.25) is 0 Å². The molecule has 388 valence electrons. The normalized spacial score (nSPS) is 18.8. The molecule has 0 aromatic heterocycles. The maximum atomic E-state index is 13.8. The van der Waals surface area contributed by atoms with Crippen LogP contribution in [0.15, 0.2) is 30.3 Å². The van der Waals surface area contributed by atoms with Crippen molar-refractivity contribution in [3.8, 4) is 0 Å². The number of carboxylic acids is 1. The number of rotatable bonds is 34. The van der Waals surface area contributed by atoms with E-state index < -0.39 is 114 Å². The molecule has 10 N–H and O–H groups in total. The highest BCUT2D eigenvalue weighted by Gasteiger charge is 2.37. The average Bonchev–Trinajstić information content (AvgIpc) is 3.99. The second-order valence-electron chi connectivity index (χ2n) is 19.2. The summed E-state index contributed by atoms with van der Waals surface area (Å²) in [4.78, 5) is 145. The molecule has 0 radical (unpaired) electrons. The number of nitrogens with two attached hydrogens (primary N) is 2. The monoisotopic (exact) mass is 982 g/mol. The predicted octanol–water partition coefficient (Wildman–Crippen LogP) is 0.999. The number of nitrogens with one attached hydrogen (secondary N) is 4. The summed E-state index contributed by atoms with van der Waals surface area (Å²) in [6, 6.07) is 5.21. The van der Waals surface area contributed by atoms with Crippen molar-refractivity contribution in [3.05, 3.63) is 35.9 Å². The highest BCUT2D eigenvalue weighted by Crippen LogP contribution is 2.25. The van der Waals surface area contributed by atoms with Crippen molar-refractivity contribution in [1.29, 1.82) is 0 Å². The number of hydrogen-bond acceptors (Lipinski definition) is 14. The highest BCUT2D eigenvalue weighted by atomic mass is 16.4. The van der Waals surface area contributed by atoms with Gasteiger partial charge in [0.1, 0.15) is 5.78 Å². The Labute approximate surface area is 409 Å². The maximum Gasteiger partial charge on any atom is 0.306 e. The third-order valence-corrected chi connectivity index (χ3v) is 12.9. The van der Waals surface area contributed by atoms with E-state index >= 15 is 0 Å². The molecular weight excluding hydrogens is 907 g/mol. The third kappa shape index (κ3) is 20.7. The molecule has 0 bridgehead atoms. The molecule has 5 amide bonds. The van der Waals surface area contributed by atoms with Crippen molar-refractivity contribution in [2.45, 2.75) is 160 Å². The Hall–Kier alpha value is -5.73. The van der Waals surface area contributed by atoms with Gasteiger partial charge in [0.2, 0.25) is 29.5 Å². The van der Waals surface area contributed by atoms with E-state index in [0.29, 0.717) is 50.8 Å². The van der Waals surface area contributed by atoms with Crippen LogP contribution in [-0.2, 0) is 59.2 Å². The first-order chi connectivity index (χ1) is 33.2. The Kier molecular flexibility index (Phi) is 25.2. The molecule has 2 aliphatic heterocycles. The number of unbranched alkanes of at least 4 members (excludes halogenated alkanes) is 1. The van der Waals surface area contributed by atoms with Gasteiger partial charge in [-0.15, -0.1) is 0 Å². The minimum Gasteiger partial charge on any atom is -0.481 e. The molecule has 0 unspecified atom stereocenters. The van der Waals surface area contributed by atoms with Gasteiger partial charge < -0.3 is 47.8 Å². The fourth-order valence-corrected chi connectivity index (χ4v) is 8.94. The number of ketones is 5. The van der Waals surface area contributed by atoms with Gasteiger partial charge in [0.15, 0.2) is 23.1 Å². The summed E-state index contributed by atoms with van der Waals surface area (Å²) in [6.45, 7) is 5.68. The SMILES string of the molecule is CC(C)C[C@H](CC(=O)CNC(=O)[C@@H](CC(=O)[C@H](CCC(N)=O)NC(=O)CCC(=O)[C@@H]1C[C@@H](O)CN1)Cc1ccccc1)C(=O)N[C@@H](C)C(=O)CCC(=O)N1CCC[C@H]1C(=O)C[C@@H](CCCCN)C(=O)O. The first-order valence-corrected chi connectivity index (χ1v) is 24.6. The number of aliphatic hydroxyl groups is 1. The summed E-state index contributed by atoms with van der Waals surface area (Å²) in [5.74, 6) is -9.00. The Bertz CT molecular complexity index is 2000. The summed E-state index contributed by atoms with van der Waals surface area (Å²) in [5.41, 5.74) is 11.6. The minimum absolute atomic E-state index is 0.0438. The number of carbonyl (C=O) groups excluding carboxylic acids is 10. The number of primary amides is 1. The largest absolute Gasteiger partial charge is 0.481 e. The van der Waals surface area contributed by atoms with Crippen LogP contribution in [0.1, 0.15) is 129 Å².